The van der Waals surface area contributed by atoms with E-state index in [1.807, 2.05) is 0 Å². The summed E-state index contributed by atoms with van der Waals surface area (Å²) in [6, 6.07) is 0. The van der Waals surface area contributed by atoms with Crippen molar-refractivity contribution in [2.75, 3.05) is 0 Å². The number of hydrogen-bond acceptors (Lipinski definition) is 5. The Balaban J connectivity index is 3.38. The van der Waals surface area contributed by atoms with E-state index in [0.717, 1.165) is 6.20 Å². The van der Waals surface area contributed by atoms with Crippen LogP contribution in [0.15, 0.2) is 6.20 Å². The zero-order valence-electron chi connectivity index (χ0n) is 4.91. The quantitative estimate of drug-likeness (QED) is 0.772. The Bertz CT molecular complexity index is 349. The van der Waals surface area contributed by atoms with E-state index >= 15 is 0 Å². The summed E-state index contributed by atoms with van der Waals surface area (Å²) in [5.74, 6) is 0. The van der Waals surface area contributed by atoms with Gasteiger partial charge in [0.2, 0.25) is 0 Å². The maximum Gasteiger partial charge on any atom is 0.360 e. The molecule has 1 aromatic heterocycles. The minimum Gasteiger partial charge on any atom is -0.266 e. The van der Waals surface area contributed by atoms with E-state index in [1.54, 1.807) is 0 Å². The Kier molecular flexibility index (Phi) is 2.86. The number of rotatable bonds is 2. The number of aromatic nitrogens is 2. The Morgan fingerprint density at radius 3 is 2.18 bits per heavy atom. The van der Waals surface area contributed by atoms with Gasteiger partial charge in [0.25, 0.3) is 0 Å². The van der Waals surface area contributed by atoms with Gasteiger partial charge in [0.1, 0.15) is 3.57 Å². The Morgan fingerprint density at radius 2 is 1.82 bits per heavy atom. The van der Waals surface area contributed by atoms with E-state index in [1.165, 1.54) is 0 Å². The molecule has 1 heterocycles. The van der Waals surface area contributed by atoms with Crippen molar-refractivity contribution in [3.05, 3.63) is 13.5 Å². The van der Waals surface area contributed by atoms with E-state index in [0.29, 0.717) is 0 Å². The molecule has 1 aromatic rings. The lowest BCUT2D eigenvalue weighted by molar-refractivity contribution is 0.607. The highest BCUT2D eigenvalue weighted by atomic mass is 127. The van der Waals surface area contributed by atoms with Crippen molar-refractivity contribution in [2.45, 2.75) is 0 Å². The van der Waals surface area contributed by atoms with Gasteiger partial charge in [-0.05, 0) is 0 Å². The van der Waals surface area contributed by atoms with Gasteiger partial charge in [0.05, 0.1) is 6.20 Å². The highest BCUT2D eigenvalue weighted by Crippen LogP contribution is 2.26. The van der Waals surface area contributed by atoms with Gasteiger partial charge in [-0.15, -0.1) is 0 Å². The Labute approximate surface area is 75.1 Å². The fourth-order valence-corrected chi connectivity index (χ4v) is 4.47. The van der Waals surface area contributed by atoms with Crippen LogP contribution >= 0.6 is 39.6 Å². The Hall–Kier alpha value is -0.130. The molecule has 8 heteroatoms. The molecule has 0 aliphatic heterocycles. The average molecular weight is 384 g/mol. The fourth-order valence-electron chi connectivity index (χ4n) is 0.471. The molecular weight excluding hydrogens is 382 g/mol. The molecule has 62 valence electrons. The van der Waals surface area contributed by atoms with Crippen LogP contribution in [0.4, 0.5) is 0 Å². The summed E-state index contributed by atoms with van der Waals surface area (Å²) in [6.07, 6.45) is 1.01. The molecule has 0 radical (unpaired) electrons. The summed E-state index contributed by atoms with van der Waals surface area (Å²) in [7, 11) is 0. The highest BCUT2D eigenvalue weighted by Gasteiger charge is 2.13. The van der Waals surface area contributed by atoms with Crippen LogP contribution in [0, 0.1) is 7.27 Å². The molecule has 0 bridgehead atoms. The number of nitrogens with one attached hydrogen (secondary N) is 1. The second kappa shape index (κ2) is 3.51. The van der Waals surface area contributed by atoms with Crippen molar-refractivity contribution in [2.24, 2.45) is 0 Å². The van der Waals surface area contributed by atoms with E-state index in [2.05, 4.69) is 10.2 Å². The van der Waals surface area contributed by atoms with Crippen LogP contribution in [0.5, 0.6) is 0 Å². The zero-order chi connectivity index (χ0) is 8.43. The summed E-state index contributed by atoms with van der Waals surface area (Å²) < 4.78 is 41.2. The smallest absolute Gasteiger partial charge is 0.266 e. The normalized spacial score (nSPS) is 11.1. The van der Waals surface area contributed by atoms with Gasteiger partial charge < -0.3 is 0 Å². The molecule has 0 saturated heterocycles. The first-order valence-electron chi connectivity index (χ1n) is 2.27. The lowest BCUT2D eigenvalue weighted by Gasteiger charge is -1.76. The standard InChI is InChI=1S/C3H2I2N2O4/c8-4(9)2-1-6-7-3(2)5(10)11/h1H,(H,6,7). The number of hydrogen-bond donors (Lipinski definition) is 1. The van der Waals surface area contributed by atoms with Gasteiger partial charge in [-0.3, -0.25) is 5.10 Å². The van der Waals surface area contributed by atoms with Gasteiger partial charge in [-0.25, -0.2) is 12.3 Å². The molecule has 0 saturated carbocycles. The summed E-state index contributed by atoms with van der Waals surface area (Å²) in [5.41, 5.74) is 0. The van der Waals surface area contributed by atoms with E-state index < -0.39 is 39.6 Å². The number of H-pyrrole nitrogens is 1. The van der Waals surface area contributed by atoms with Crippen LogP contribution in [-0.2, 0) is 12.3 Å². The van der Waals surface area contributed by atoms with Crippen molar-refractivity contribution in [3.63, 3.8) is 0 Å². The Morgan fingerprint density at radius 1 is 1.18 bits per heavy atom. The first kappa shape index (κ1) is 8.96. The van der Waals surface area contributed by atoms with Crippen molar-refractivity contribution in [1.82, 2.24) is 10.2 Å². The minimum absolute atomic E-state index is 0.163. The highest BCUT2D eigenvalue weighted by molar-refractivity contribution is 14.2. The largest absolute Gasteiger partial charge is 0.360 e. The molecule has 1 N–H and O–H groups in total. The molecule has 0 spiro atoms. The van der Waals surface area contributed by atoms with E-state index in [9.17, 15) is 12.3 Å². The summed E-state index contributed by atoms with van der Waals surface area (Å²) >= 11 is -7.40. The molecular formula is C3H2I2N2O4. The molecule has 0 fully saturated rings. The fraction of sp³-hybridized carbons (Fsp3) is 0. The molecule has 0 aliphatic carbocycles. The van der Waals surface area contributed by atoms with Gasteiger partial charge in [-0.2, -0.15) is 5.10 Å². The van der Waals surface area contributed by atoms with Crippen molar-refractivity contribution in [1.29, 1.82) is 0 Å². The third-order valence-electron chi connectivity index (χ3n) is 0.871. The molecule has 0 amide bonds. The molecule has 0 aromatic carbocycles. The monoisotopic (exact) mass is 384 g/mol. The van der Waals surface area contributed by atoms with Crippen LogP contribution in [0.3, 0.4) is 0 Å². The third-order valence-corrected chi connectivity index (χ3v) is 5.37. The van der Waals surface area contributed by atoms with Crippen LogP contribution < -0.4 is 0 Å². The lowest BCUT2D eigenvalue weighted by atomic mass is 10.8. The predicted molar refractivity (Wildman–Crippen MR) is 46.8 cm³/mol. The summed E-state index contributed by atoms with van der Waals surface area (Å²) in [5, 5.41) is 5.44. The SMILES string of the molecule is O=I(=O)c1cn[nH]c1I(=O)=O. The second-order valence-corrected chi connectivity index (χ2v) is 6.19. The van der Waals surface area contributed by atoms with E-state index in [-0.39, 0.29) is 7.27 Å². The number of halogens is 2. The van der Waals surface area contributed by atoms with Gasteiger partial charge in [0.15, 0.2) is 3.70 Å². The maximum atomic E-state index is 10.4. The van der Waals surface area contributed by atoms with E-state index in [4.69, 9.17) is 0 Å². The zero-order valence-corrected chi connectivity index (χ0v) is 9.23. The first-order chi connectivity index (χ1) is 5.13. The van der Waals surface area contributed by atoms with Crippen molar-refractivity contribution < 1.29 is 12.3 Å². The summed E-state index contributed by atoms with van der Waals surface area (Å²) in [4.78, 5) is 0. The van der Waals surface area contributed by atoms with Crippen LogP contribution in [0.25, 0.3) is 0 Å². The van der Waals surface area contributed by atoms with Crippen LogP contribution in [0.1, 0.15) is 0 Å². The van der Waals surface area contributed by atoms with Gasteiger partial charge in [-0.1, -0.05) is 0 Å². The topological polar surface area (TPSA) is 97.0 Å². The summed E-state index contributed by atoms with van der Waals surface area (Å²) in [6.45, 7) is 0. The minimum atomic E-state index is -3.71. The van der Waals surface area contributed by atoms with Crippen LogP contribution in [-0.4, -0.2) is 10.2 Å². The lowest BCUT2D eigenvalue weighted by Crippen LogP contribution is -1.75. The molecule has 11 heavy (non-hydrogen) atoms. The molecule has 0 atom stereocenters. The van der Waals surface area contributed by atoms with Crippen LogP contribution in [0.2, 0.25) is 0 Å². The third kappa shape index (κ3) is 1.91. The van der Waals surface area contributed by atoms with Crippen molar-refractivity contribution in [3.8, 4) is 0 Å². The predicted octanol–water partition coefficient (Wildman–Crippen LogP) is 1.14. The molecule has 0 unspecified atom stereocenters. The van der Waals surface area contributed by atoms with Crippen molar-refractivity contribution >= 4 is 39.6 Å². The number of aromatic amines is 1. The van der Waals surface area contributed by atoms with Gasteiger partial charge in [0, 0.05) is 0 Å². The molecule has 0 aliphatic rings. The number of nitrogens with zero attached hydrogens (tertiary/aromatic N) is 1. The first-order valence-corrected chi connectivity index (χ1v) is 7.95. The maximum absolute atomic E-state index is 10.4. The molecule has 6 nitrogen and oxygen atoms in total. The average Bonchev–Trinajstić information content (AvgIpc) is 2.32. The molecule has 1 rings (SSSR count). The second-order valence-electron chi connectivity index (χ2n) is 1.47. The van der Waals surface area contributed by atoms with Gasteiger partial charge >= 0.3 is 39.6 Å².